The van der Waals surface area contributed by atoms with Crippen molar-refractivity contribution < 1.29 is 5.11 Å². The van der Waals surface area contributed by atoms with Crippen LogP contribution in [-0.2, 0) is 0 Å². The highest BCUT2D eigenvalue weighted by Crippen LogP contribution is 2.42. The van der Waals surface area contributed by atoms with Gasteiger partial charge < -0.3 is 5.11 Å². The molecule has 0 aliphatic carbocycles. The van der Waals surface area contributed by atoms with Crippen molar-refractivity contribution in [2.24, 2.45) is 0 Å². The van der Waals surface area contributed by atoms with Gasteiger partial charge in [0.05, 0.1) is 6.10 Å². The summed E-state index contributed by atoms with van der Waals surface area (Å²) >= 11 is 0. The summed E-state index contributed by atoms with van der Waals surface area (Å²) in [5.74, 6) is 0.342. The molecule has 2 aliphatic rings. The molecule has 2 aliphatic heterocycles. The molecule has 1 N–H and O–H groups in total. The molecule has 2 bridgehead atoms. The normalized spacial score (nSPS) is 38.9. The number of hydrogen-bond acceptors (Lipinski definition) is 2. The molecule has 3 rings (SSSR count). The number of hydrogen-bond donors (Lipinski definition) is 1. The number of likely N-dealkylation sites (N-methyl/N-ethyl adjacent to an activating group) is 1. The fourth-order valence-electron chi connectivity index (χ4n) is 3.47. The van der Waals surface area contributed by atoms with Crippen LogP contribution in [0.25, 0.3) is 0 Å². The minimum atomic E-state index is -0.189. The molecular formula is C14H19NO. The van der Waals surface area contributed by atoms with Crippen molar-refractivity contribution in [3.05, 3.63) is 35.9 Å². The number of aliphatic hydroxyl groups is 1. The molecule has 1 aromatic rings. The van der Waals surface area contributed by atoms with Crippen molar-refractivity contribution in [3.8, 4) is 0 Å². The van der Waals surface area contributed by atoms with Crippen LogP contribution in [0.15, 0.2) is 30.3 Å². The minimum absolute atomic E-state index is 0.189. The lowest BCUT2D eigenvalue weighted by molar-refractivity contribution is 0.0112. The molecule has 1 aromatic carbocycles. The van der Waals surface area contributed by atoms with Gasteiger partial charge in [0.2, 0.25) is 0 Å². The first kappa shape index (κ1) is 10.3. The number of benzene rings is 1. The van der Waals surface area contributed by atoms with Gasteiger partial charge in [-0.2, -0.15) is 0 Å². The number of aliphatic hydroxyl groups excluding tert-OH is 1. The molecule has 16 heavy (non-hydrogen) atoms. The molecule has 2 heteroatoms. The average molecular weight is 217 g/mol. The van der Waals surface area contributed by atoms with Gasteiger partial charge in [-0.3, -0.25) is 4.90 Å². The third-order valence-corrected chi connectivity index (χ3v) is 4.45. The third kappa shape index (κ3) is 1.48. The van der Waals surface area contributed by atoms with Gasteiger partial charge in [0.25, 0.3) is 0 Å². The SMILES string of the molecule is CN1[C@H]2CC[C@@H]1[C@H](O)[C@H](c1ccccc1)C2. The number of rotatable bonds is 1. The van der Waals surface area contributed by atoms with Gasteiger partial charge in [-0.25, -0.2) is 0 Å². The fraction of sp³-hybridized carbons (Fsp3) is 0.571. The summed E-state index contributed by atoms with van der Waals surface area (Å²) < 4.78 is 0. The molecule has 2 nitrogen and oxygen atoms in total. The molecule has 2 saturated heterocycles. The Labute approximate surface area is 96.9 Å². The van der Waals surface area contributed by atoms with E-state index in [2.05, 4.69) is 36.2 Å². The van der Waals surface area contributed by atoms with Crippen LogP contribution >= 0.6 is 0 Å². The summed E-state index contributed by atoms with van der Waals surface area (Å²) in [5.41, 5.74) is 1.31. The molecule has 2 heterocycles. The van der Waals surface area contributed by atoms with Gasteiger partial charge in [-0.1, -0.05) is 30.3 Å². The van der Waals surface area contributed by atoms with Crippen LogP contribution in [0.1, 0.15) is 30.7 Å². The zero-order chi connectivity index (χ0) is 11.1. The van der Waals surface area contributed by atoms with Crippen molar-refractivity contribution >= 4 is 0 Å². The third-order valence-electron chi connectivity index (χ3n) is 4.45. The lowest BCUT2D eigenvalue weighted by Crippen LogP contribution is -2.48. The Morgan fingerprint density at radius 1 is 1.19 bits per heavy atom. The van der Waals surface area contributed by atoms with Crippen LogP contribution in [0.4, 0.5) is 0 Å². The summed E-state index contributed by atoms with van der Waals surface area (Å²) in [6, 6.07) is 11.5. The average Bonchev–Trinajstić information content (AvgIpc) is 2.57. The Hall–Kier alpha value is -0.860. The highest BCUT2D eigenvalue weighted by atomic mass is 16.3. The minimum Gasteiger partial charge on any atom is -0.391 e. The number of fused-ring (bicyclic) bond motifs is 2. The van der Waals surface area contributed by atoms with Crippen LogP contribution in [0.3, 0.4) is 0 Å². The Balaban J connectivity index is 1.88. The highest BCUT2D eigenvalue weighted by Gasteiger charge is 2.44. The standard InChI is InChI=1S/C14H19NO/c1-15-11-7-8-13(15)14(16)12(9-11)10-5-3-2-4-6-10/h2-6,11-14,16H,7-9H2,1H3/t11-,12-,13+,14+/m0/s1. The maximum absolute atomic E-state index is 10.4. The Morgan fingerprint density at radius 2 is 1.94 bits per heavy atom. The van der Waals surface area contributed by atoms with Crippen molar-refractivity contribution in [1.29, 1.82) is 0 Å². The molecule has 0 aromatic heterocycles. The second kappa shape index (κ2) is 3.86. The predicted molar refractivity (Wildman–Crippen MR) is 64.4 cm³/mol. The van der Waals surface area contributed by atoms with E-state index in [0.29, 0.717) is 18.0 Å². The lowest BCUT2D eigenvalue weighted by Gasteiger charge is -2.40. The first-order valence-corrected chi connectivity index (χ1v) is 6.22. The molecule has 0 spiro atoms. The number of piperidine rings is 1. The largest absolute Gasteiger partial charge is 0.391 e. The van der Waals surface area contributed by atoms with Gasteiger partial charge in [0, 0.05) is 18.0 Å². The second-order valence-electron chi connectivity index (χ2n) is 5.21. The zero-order valence-electron chi connectivity index (χ0n) is 9.71. The molecule has 4 atom stereocenters. The van der Waals surface area contributed by atoms with Crippen LogP contribution in [0, 0.1) is 0 Å². The van der Waals surface area contributed by atoms with Crippen molar-refractivity contribution in [2.45, 2.75) is 43.4 Å². The molecule has 0 amide bonds. The van der Waals surface area contributed by atoms with E-state index < -0.39 is 0 Å². The van der Waals surface area contributed by atoms with Gasteiger partial charge >= 0.3 is 0 Å². The summed E-state index contributed by atoms with van der Waals surface area (Å²) in [6.45, 7) is 0. The van der Waals surface area contributed by atoms with Crippen molar-refractivity contribution in [3.63, 3.8) is 0 Å². The van der Waals surface area contributed by atoms with Gasteiger partial charge in [0.15, 0.2) is 0 Å². The summed E-state index contributed by atoms with van der Waals surface area (Å²) in [4.78, 5) is 2.38. The quantitative estimate of drug-likeness (QED) is 0.777. The molecule has 0 unspecified atom stereocenters. The van der Waals surface area contributed by atoms with E-state index >= 15 is 0 Å². The van der Waals surface area contributed by atoms with E-state index in [-0.39, 0.29) is 6.10 Å². The molecule has 2 fully saturated rings. The van der Waals surface area contributed by atoms with E-state index in [4.69, 9.17) is 0 Å². The van der Waals surface area contributed by atoms with Crippen LogP contribution in [-0.4, -0.2) is 35.2 Å². The molecular weight excluding hydrogens is 198 g/mol. The zero-order valence-corrected chi connectivity index (χ0v) is 9.71. The lowest BCUT2D eigenvalue weighted by atomic mass is 9.83. The van der Waals surface area contributed by atoms with E-state index in [1.165, 1.54) is 12.0 Å². The van der Waals surface area contributed by atoms with Crippen LogP contribution < -0.4 is 0 Å². The van der Waals surface area contributed by atoms with E-state index in [1.807, 2.05) is 6.07 Å². The van der Waals surface area contributed by atoms with Gasteiger partial charge in [-0.05, 0) is 31.9 Å². The van der Waals surface area contributed by atoms with E-state index in [0.717, 1.165) is 12.8 Å². The maximum atomic E-state index is 10.4. The molecule has 0 saturated carbocycles. The summed E-state index contributed by atoms with van der Waals surface area (Å²) in [5, 5.41) is 10.4. The first-order valence-electron chi connectivity index (χ1n) is 6.22. The van der Waals surface area contributed by atoms with Gasteiger partial charge in [-0.15, -0.1) is 0 Å². The topological polar surface area (TPSA) is 23.5 Å². The Bertz CT molecular complexity index is 364. The first-order chi connectivity index (χ1) is 7.77. The fourth-order valence-corrected chi connectivity index (χ4v) is 3.47. The summed E-state index contributed by atoms with van der Waals surface area (Å²) in [7, 11) is 2.16. The van der Waals surface area contributed by atoms with Crippen LogP contribution in [0.5, 0.6) is 0 Å². The van der Waals surface area contributed by atoms with Gasteiger partial charge in [0.1, 0.15) is 0 Å². The van der Waals surface area contributed by atoms with E-state index in [9.17, 15) is 5.11 Å². The smallest absolute Gasteiger partial charge is 0.0764 e. The molecule has 86 valence electrons. The predicted octanol–water partition coefficient (Wildman–Crippen LogP) is 2.00. The van der Waals surface area contributed by atoms with Crippen molar-refractivity contribution in [1.82, 2.24) is 4.90 Å². The highest BCUT2D eigenvalue weighted by molar-refractivity contribution is 5.23. The van der Waals surface area contributed by atoms with Crippen molar-refractivity contribution in [2.75, 3.05) is 7.05 Å². The van der Waals surface area contributed by atoms with E-state index in [1.54, 1.807) is 0 Å². The Kier molecular flexibility index (Phi) is 2.49. The Morgan fingerprint density at radius 3 is 2.69 bits per heavy atom. The second-order valence-corrected chi connectivity index (χ2v) is 5.21. The van der Waals surface area contributed by atoms with Crippen LogP contribution in [0.2, 0.25) is 0 Å². The monoisotopic (exact) mass is 217 g/mol. The maximum Gasteiger partial charge on any atom is 0.0764 e. The number of nitrogens with zero attached hydrogens (tertiary/aromatic N) is 1. The summed E-state index contributed by atoms with van der Waals surface area (Å²) in [6.07, 6.45) is 3.33. The molecule has 0 radical (unpaired) electrons.